The number of amides is 1. The molecule has 1 fully saturated rings. The van der Waals surface area contributed by atoms with E-state index in [1.165, 1.54) is 13.2 Å². The van der Waals surface area contributed by atoms with Crippen LogP contribution in [0.15, 0.2) is 23.3 Å². The highest BCUT2D eigenvalue weighted by Gasteiger charge is 2.15. The Bertz CT molecular complexity index is 542. The summed E-state index contributed by atoms with van der Waals surface area (Å²) in [6.45, 7) is 4.23. The normalized spacial score (nSPS) is 15.8. The van der Waals surface area contributed by atoms with Crippen LogP contribution in [-0.2, 0) is 9.47 Å². The molecule has 114 valence electrons. The van der Waals surface area contributed by atoms with Gasteiger partial charge in [-0.25, -0.2) is 14.6 Å². The van der Waals surface area contributed by atoms with Crippen molar-refractivity contribution in [3.8, 4) is 0 Å². The van der Waals surface area contributed by atoms with Crippen LogP contribution in [0.5, 0.6) is 0 Å². The Morgan fingerprint density at radius 3 is 2.76 bits per heavy atom. The van der Waals surface area contributed by atoms with Crippen molar-refractivity contribution in [1.82, 2.24) is 5.43 Å². The molecular weight excluding hydrogens is 277 g/mol. The van der Waals surface area contributed by atoms with E-state index >= 15 is 0 Å². The van der Waals surface area contributed by atoms with Crippen molar-refractivity contribution < 1.29 is 18.7 Å². The number of anilines is 1. The van der Waals surface area contributed by atoms with Gasteiger partial charge in [-0.3, -0.25) is 0 Å². The second kappa shape index (κ2) is 7.03. The Kier molecular flexibility index (Phi) is 5.10. The van der Waals surface area contributed by atoms with E-state index in [0.717, 1.165) is 0 Å². The minimum atomic E-state index is -0.667. The average Bonchev–Trinajstić information content (AvgIpc) is 2.52. The predicted octanol–water partition coefficient (Wildman–Crippen LogP) is 1.74. The summed E-state index contributed by atoms with van der Waals surface area (Å²) in [4.78, 5) is 12.9. The summed E-state index contributed by atoms with van der Waals surface area (Å²) in [6.07, 6.45) is -0.667. The lowest BCUT2D eigenvalue weighted by Crippen LogP contribution is -2.36. The molecule has 1 heterocycles. The zero-order valence-corrected chi connectivity index (χ0v) is 12.1. The third-order valence-electron chi connectivity index (χ3n) is 3.22. The molecule has 1 amide bonds. The average molecular weight is 295 g/mol. The first-order chi connectivity index (χ1) is 10.1. The fourth-order valence-corrected chi connectivity index (χ4v) is 2.03. The van der Waals surface area contributed by atoms with Crippen LogP contribution in [0.25, 0.3) is 0 Å². The molecule has 1 aromatic carbocycles. The fraction of sp³-hybridized carbons (Fsp3) is 0.429. The van der Waals surface area contributed by atoms with Gasteiger partial charge in [0.05, 0.1) is 31.7 Å². The number of carbonyl (C=O) groups excluding carboxylic acids is 1. The van der Waals surface area contributed by atoms with Crippen LogP contribution in [0.2, 0.25) is 0 Å². The fourth-order valence-electron chi connectivity index (χ4n) is 2.03. The minimum absolute atomic E-state index is 0.318. The third kappa shape index (κ3) is 3.91. The maximum atomic E-state index is 14.2. The van der Waals surface area contributed by atoms with Gasteiger partial charge in [-0.15, -0.1) is 0 Å². The Labute approximate surface area is 122 Å². The van der Waals surface area contributed by atoms with Crippen molar-refractivity contribution in [2.45, 2.75) is 6.92 Å². The monoisotopic (exact) mass is 295 g/mol. The first-order valence-electron chi connectivity index (χ1n) is 6.62. The molecule has 0 unspecified atom stereocenters. The Morgan fingerprint density at radius 1 is 1.43 bits per heavy atom. The van der Waals surface area contributed by atoms with E-state index in [0.29, 0.717) is 43.3 Å². The molecule has 1 N–H and O–H groups in total. The van der Waals surface area contributed by atoms with E-state index in [1.807, 2.05) is 4.90 Å². The number of morpholine rings is 1. The quantitative estimate of drug-likeness (QED) is 0.681. The second-order valence-corrected chi connectivity index (χ2v) is 4.57. The molecule has 0 aromatic heterocycles. The summed E-state index contributed by atoms with van der Waals surface area (Å²) in [5.41, 5.74) is 3.85. The van der Waals surface area contributed by atoms with Gasteiger partial charge in [-0.05, 0) is 19.1 Å². The summed E-state index contributed by atoms with van der Waals surface area (Å²) < 4.78 is 23.9. The van der Waals surface area contributed by atoms with E-state index in [4.69, 9.17) is 4.74 Å². The van der Waals surface area contributed by atoms with Crippen molar-refractivity contribution in [2.75, 3.05) is 38.3 Å². The van der Waals surface area contributed by atoms with Gasteiger partial charge in [0.25, 0.3) is 0 Å². The minimum Gasteiger partial charge on any atom is -0.452 e. The van der Waals surface area contributed by atoms with Gasteiger partial charge < -0.3 is 14.4 Å². The molecule has 0 aliphatic carbocycles. The summed E-state index contributed by atoms with van der Waals surface area (Å²) >= 11 is 0. The van der Waals surface area contributed by atoms with Crippen LogP contribution in [0, 0.1) is 5.82 Å². The van der Waals surface area contributed by atoms with Crippen LogP contribution in [0.4, 0.5) is 14.9 Å². The van der Waals surface area contributed by atoms with E-state index in [9.17, 15) is 9.18 Å². The van der Waals surface area contributed by atoms with Crippen LogP contribution >= 0.6 is 0 Å². The lowest BCUT2D eigenvalue weighted by atomic mass is 10.1. The van der Waals surface area contributed by atoms with Gasteiger partial charge in [-0.2, -0.15) is 5.10 Å². The first-order valence-corrected chi connectivity index (χ1v) is 6.62. The Balaban J connectivity index is 2.12. The third-order valence-corrected chi connectivity index (χ3v) is 3.22. The lowest BCUT2D eigenvalue weighted by Gasteiger charge is -2.29. The second-order valence-electron chi connectivity index (χ2n) is 4.57. The van der Waals surface area contributed by atoms with Gasteiger partial charge >= 0.3 is 6.09 Å². The molecule has 7 heteroatoms. The van der Waals surface area contributed by atoms with Gasteiger partial charge in [0.15, 0.2) is 0 Å². The molecule has 1 aromatic rings. The molecule has 1 aliphatic rings. The van der Waals surface area contributed by atoms with Crippen LogP contribution in [0.3, 0.4) is 0 Å². The first kappa shape index (κ1) is 15.2. The maximum absolute atomic E-state index is 14.2. The van der Waals surface area contributed by atoms with Gasteiger partial charge in [-0.1, -0.05) is 6.07 Å². The highest BCUT2D eigenvalue weighted by atomic mass is 19.1. The molecule has 0 radical (unpaired) electrons. The number of hydrogen-bond acceptors (Lipinski definition) is 5. The standard InChI is InChI=1S/C14H18FN3O3/c1-10(16-17-14(19)20-2)11-3-4-13(12(15)9-11)18-5-7-21-8-6-18/h3-4,9H,5-8H2,1-2H3,(H,17,19). The van der Waals surface area contributed by atoms with Crippen molar-refractivity contribution in [1.29, 1.82) is 0 Å². The number of halogens is 1. The molecule has 2 rings (SSSR count). The highest BCUT2D eigenvalue weighted by molar-refractivity contribution is 5.99. The van der Waals surface area contributed by atoms with Crippen LogP contribution < -0.4 is 10.3 Å². The van der Waals surface area contributed by atoms with E-state index in [-0.39, 0.29) is 5.82 Å². The van der Waals surface area contributed by atoms with Crippen molar-refractivity contribution >= 4 is 17.5 Å². The zero-order valence-electron chi connectivity index (χ0n) is 12.1. The van der Waals surface area contributed by atoms with Crippen LogP contribution in [0.1, 0.15) is 12.5 Å². The Hall–Kier alpha value is -2.15. The molecule has 1 saturated heterocycles. The number of nitrogens with one attached hydrogen (secondary N) is 1. The van der Waals surface area contributed by atoms with Crippen molar-refractivity contribution in [3.05, 3.63) is 29.6 Å². The molecule has 21 heavy (non-hydrogen) atoms. The van der Waals surface area contributed by atoms with Gasteiger partial charge in [0.2, 0.25) is 0 Å². The van der Waals surface area contributed by atoms with E-state index in [1.54, 1.807) is 19.1 Å². The van der Waals surface area contributed by atoms with Gasteiger partial charge in [0.1, 0.15) is 5.82 Å². The number of ether oxygens (including phenoxy) is 2. The zero-order chi connectivity index (χ0) is 15.2. The molecular formula is C14H18FN3O3. The summed E-state index contributed by atoms with van der Waals surface area (Å²) in [7, 11) is 1.25. The predicted molar refractivity (Wildman–Crippen MR) is 77.2 cm³/mol. The number of nitrogens with zero attached hydrogens (tertiary/aromatic N) is 2. The Morgan fingerprint density at radius 2 is 2.14 bits per heavy atom. The number of carbonyl (C=O) groups is 1. The SMILES string of the molecule is COC(=O)NN=C(C)c1ccc(N2CCOCC2)c(F)c1. The number of benzene rings is 1. The van der Waals surface area contributed by atoms with Crippen molar-refractivity contribution in [2.24, 2.45) is 5.10 Å². The molecule has 0 saturated carbocycles. The van der Waals surface area contributed by atoms with Crippen LogP contribution in [-0.4, -0.2) is 45.2 Å². The molecule has 6 nitrogen and oxygen atoms in total. The lowest BCUT2D eigenvalue weighted by molar-refractivity contribution is 0.122. The smallest absolute Gasteiger partial charge is 0.427 e. The topological polar surface area (TPSA) is 63.2 Å². The van der Waals surface area contributed by atoms with E-state index in [2.05, 4.69) is 15.3 Å². The van der Waals surface area contributed by atoms with Crippen molar-refractivity contribution in [3.63, 3.8) is 0 Å². The molecule has 1 aliphatic heterocycles. The highest BCUT2D eigenvalue weighted by Crippen LogP contribution is 2.21. The number of methoxy groups -OCH3 is 1. The van der Waals surface area contributed by atoms with E-state index < -0.39 is 6.09 Å². The summed E-state index contributed by atoms with van der Waals surface area (Å²) in [5.74, 6) is -0.318. The number of hydrogen-bond donors (Lipinski definition) is 1. The summed E-state index contributed by atoms with van der Waals surface area (Å²) in [5, 5.41) is 3.84. The number of hydrazone groups is 1. The number of rotatable bonds is 3. The largest absolute Gasteiger partial charge is 0.452 e. The van der Waals surface area contributed by atoms with Gasteiger partial charge in [0, 0.05) is 18.7 Å². The maximum Gasteiger partial charge on any atom is 0.427 e. The summed E-state index contributed by atoms with van der Waals surface area (Å²) in [6, 6.07) is 4.89. The molecule has 0 bridgehead atoms. The molecule has 0 spiro atoms. The molecule has 0 atom stereocenters.